The summed E-state index contributed by atoms with van der Waals surface area (Å²) in [6, 6.07) is 7.83. The van der Waals surface area contributed by atoms with Crippen LogP contribution in [-0.2, 0) is 11.2 Å². The van der Waals surface area contributed by atoms with E-state index in [1.807, 2.05) is 31.0 Å². The summed E-state index contributed by atoms with van der Waals surface area (Å²) in [5.41, 5.74) is 3.64. The molecule has 0 aliphatic carbocycles. The SMILES string of the molecule is CCN(C)C=Nc1cc2c(cc1C)C(c1c(F)cccc1F)OCC2. The molecule has 0 aromatic heterocycles. The second-order valence-corrected chi connectivity index (χ2v) is 6.29. The zero-order valence-electron chi connectivity index (χ0n) is 14.7. The van der Waals surface area contributed by atoms with E-state index in [0.717, 1.165) is 28.9 Å². The van der Waals surface area contributed by atoms with E-state index >= 15 is 0 Å². The zero-order valence-corrected chi connectivity index (χ0v) is 14.7. The molecule has 3 nitrogen and oxygen atoms in total. The monoisotopic (exact) mass is 344 g/mol. The van der Waals surface area contributed by atoms with Crippen molar-refractivity contribution in [2.75, 3.05) is 20.2 Å². The van der Waals surface area contributed by atoms with E-state index in [4.69, 9.17) is 4.74 Å². The van der Waals surface area contributed by atoms with Gasteiger partial charge in [-0.2, -0.15) is 0 Å². The Morgan fingerprint density at radius 2 is 2.00 bits per heavy atom. The van der Waals surface area contributed by atoms with Crippen LogP contribution in [-0.4, -0.2) is 31.4 Å². The average Bonchev–Trinajstić information content (AvgIpc) is 2.60. The third kappa shape index (κ3) is 3.56. The fraction of sp³-hybridized carbons (Fsp3) is 0.350. The minimum Gasteiger partial charge on any atom is -0.368 e. The predicted molar refractivity (Wildman–Crippen MR) is 95.5 cm³/mol. The highest BCUT2D eigenvalue weighted by Gasteiger charge is 2.28. The van der Waals surface area contributed by atoms with Crippen LogP contribution in [0, 0.1) is 18.6 Å². The Morgan fingerprint density at radius 1 is 1.28 bits per heavy atom. The molecule has 0 saturated heterocycles. The van der Waals surface area contributed by atoms with Gasteiger partial charge in [-0.15, -0.1) is 0 Å². The molecule has 0 saturated carbocycles. The lowest BCUT2D eigenvalue weighted by molar-refractivity contribution is 0.0649. The molecule has 2 aromatic carbocycles. The van der Waals surface area contributed by atoms with Crippen LogP contribution in [0.2, 0.25) is 0 Å². The first-order chi connectivity index (χ1) is 12.0. The van der Waals surface area contributed by atoms with Gasteiger partial charge < -0.3 is 9.64 Å². The highest BCUT2D eigenvalue weighted by molar-refractivity contribution is 5.64. The summed E-state index contributed by atoms with van der Waals surface area (Å²) in [4.78, 5) is 6.52. The minimum atomic E-state index is -0.722. The van der Waals surface area contributed by atoms with Crippen molar-refractivity contribution in [1.29, 1.82) is 0 Å². The first-order valence-electron chi connectivity index (χ1n) is 8.44. The normalized spacial score (nSPS) is 16.9. The second-order valence-electron chi connectivity index (χ2n) is 6.29. The number of hydrogen-bond acceptors (Lipinski definition) is 2. The molecule has 0 spiro atoms. The number of ether oxygens (including phenoxy) is 1. The van der Waals surface area contributed by atoms with Gasteiger partial charge in [-0.1, -0.05) is 12.1 Å². The van der Waals surface area contributed by atoms with Gasteiger partial charge in [0, 0.05) is 13.6 Å². The molecule has 1 aliphatic heterocycles. The summed E-state index contributed by atoms with van der Waals surface area (Å²) >= 11 is 0. The van der Waals surface area contributed by atoms with Crippen molar-refractivity contribution in [3.8, 4) is 0 Å². The van der Waals surface area contributed by atoms with Gasteiger partial charge in [0.1, 0.15) is 17.7 Å². The molecule has 1 aliphatic rings. The van der Waals surface area contributed by atoms with E-state index in [1.54, 1.807) is 6.34 Å². The second kappa shape index (κ2) is 7.31. The molecule has 1 atom stereocenters. The van der Waals surface area contributed by atoms with E-state index in [9.17, 15) is 8.78 Å². The highest BCUT2D eigenvalue weighted by Crippen LogP contribution is 2.38. The van der Waals surface area contributed by atoms with Crippen LogP contribution in [0.1, 0.15) is 35.3 Å². The van der Waals surface area contributed by atoms with Gasteiger partial charge in [0.2, 0.25) is 0 Å². The molecule has 0 amide bonds. The topological polar surface area (TPSA) is 24.8 Å². The molecule has 0 radical (unpaired) electrons. The molecular formula is C20H22F2N2O. The van der Waals surface area contributed by atoms with E-state index in [2.05, 4.69) is 11.9 Å². The maximum atomic E-state index is 14.2. The smallest absolute Gasteiger partial charge is 0.132 e. The molecule has 0 N–H and O–H groups in total. The van der Waals surface area contributed by atoms with Crippen molar-refractivity contribution in [3.63, 3.8) is 0 Å². The summed E-state index contributed by atoms with van der Waals surface area (Å²) in [5.74, 6) is -1.16. The molecule has 0 fully saturated rings. The standard InChI is InChI=1S/C20H22F2N2O/c1-4-24(3)12-23-18-11-14-8-9-25-20(15(14)10-13(18)2)19-16(21)6-5-7-17(19)22/h5-7,10-12,20H,4,8-9H2,1-3H3. The van der Waals surface area contributed by atoms with Gasteiger partial charge in [-0.3, -0.25) is 0 Å². The number of fused-ring (bicyclic) bond motifs is 1. The van der Waals surface area contributed by atoms with Gasteiger partial charge in [0.15, 0.2) is 0 Å². The predicted octanol–water partition coefficient (Wildman–Crippen LogP) is 4.55. The van der Waals surface area contributed by atoms with E-state index in [1.165, 1.54) is 18.2 Å². The Kier molecular flexibility index (Phi) is 5.13. The molecule has 0 bridgehead atoms. The van der Waals surface area contributed by atoms with Crippen molar-refractivity contribution in [1.82, 2.24) is 4.90 Å². The third-order valence-electron chi connectivity index (χ3n) is 4.55. The zero-order chi connectivity index (χ0) is 18.0. The number of hydrogen-bond donors (Lipinski definition) is 0. The first-order valence-corrected chi connectivity index (χ1v) is 8.44. The van der Waals surface area contributed by atoms with Crippen LogP contribution in [0.3, 0.4) is 0 Å². The van der Waals surface area contributed by atoms with Crippen LogP contribution in [0.25, 0.3) is 0 Å². The molecule has 5 heteroatoms. The molecule has 1 heterocycles. The summed E-state index contributed by atoms with van der Waals surface area (Å²) in [5, 5.41) is 0. The van der Waals surface area contributed by atoms with Gasteiger partial charge >= 0.3 is 0 Å². The third-order valence-corrected chi connectivity index (χ3v) is 4.55. The van der Waals surface area contributed by atoms with Crippen LogP contribution in [0.5, 0.6) is 0 Å². The largest absolute Gasteiger partial charge is 0.368 e. The van der Waals surface area contributed by atoms with Crippen LogP contribution < -0.4 is 0 Å². The van der Waals surface area contributed by atoms with Crippen LogP contribution in [0.15, 0.2) is 35.3 Å². The maximum absolute atomic E-state index is 14.2. The lowest BCUT2D eigenvalue weighted by atomic mass is 9.90. The van der Waals surface area contributed by atoms with Gasteiger partial charge in [-0.05, 0) is 55.2 Å². The number of benzene rings is 2. The molecule has 2 aromatic rings. The van der Waals surface area contributed by atoms with Crippen LogP contribution >= 0.6 is 0 Å². The summed E-state index contributed by atoms with van der Waals surface area (Å²) in [6.45, 7) is 5.29. The average molecular weight is 344 g/mol. The number of nitrogens with zero attached hydrogens (tertiary/aromatic N) is 2. The van der Waals surface area contributed by atoms with Gasteiger partial charge in [0.25, 0.3) is 0 Å². The fourth-order valence-corrected chi connectivity index (χ4v) is 2.98. The number of rotatable bonds is 4. The Bertz CT molecular complexity index is 784. The lowest BCUT2D eigenvalue weighted by Gasteiger charge is -2.28. The first kappa shape index (κ1) is 17.5. The highest BCUT2D eigenvalue weighted by atomic mass is 19.1. The quantitative estimate of drug-likeness (QED) is 0.600. The molecular weight excluding hydrogens is 322 g/mol. The number of aliphatic imine (C=N–C) groups is 1. The molecule has 3 rings (SSSR count). The number of aryl methyl sites for hydroxylation is 1. The fourth-order valence-electron chi connectivity index (χ4n) is 2.98. The summed E-state index contributed by atoms with van der Waals surface area (Å²) < 4.78 is 34.2. The van der Waals surface area contributed by atoms with Crippen LogP contribution in [0.4, 0.5) is 14.5 Å². The Hall–Kier alpha value is -2.27. The lowest BCUT2D eigenvalue weighted by Crippen LogP contribution is -2.20. The molecule has 132 valence electrons. The van der Waals surface area contributed by atoms with Gasteiger partial charge in [-0.25, -0.2) is 13.8 Å². The van der Waals surface area contributed by atoms with Crippen molar-refractivity contribution in [2.24, 2.45) is 4.99 Å². The molecule has 25 heavy (non-hydrogen) atoms. The number of halogens is 2. The molecule has 1 unspecified atom stereocenters. The van der Waals surface area contributed by atoms with Crippen molar-refractivity contribution in [2.45, 2.75) is 26.4 Å². The maximum Gasteiger partial charge on any atom is 0.132 e. The Balaban J connectivity index is 2.03. The van der Waals surface area contributed by atoms with Crippen molar-refractivity contribution < 1.29 is 13.5 Å². The Morgan fingerprint density at radius 3 is 2.68 bits per heavy atom. The minimum absolute atomic E-state index is 0.0233. The summed E-state index contributed by atoms with van der Waals surface area (Å²) in [6.07, 6.45) is 1.77. The van der Waals surface area contributed by atoms with E-state index in [0.29, 0.717) is 13.0 Å². The van der Waals surface area contributed by atoms with Crippen molar-refractivity contribution in [3.05, 3.63) is 64.2 Å². The van der Waals surface area contributed by atoms with Crippen molar-refractivity contribution >= 4 is 12.0 Å². The van der Waals surface area contributed by atoms with Gasteiger partial charge in [0.05, 0.1) is 24.2 Å². The van der Waals surface area contributed by atoms with E-state index < -0.39 is 17.7 Å². The Labute approximate surface area is 147 Å². The van der Waals surface area contributed by atoms with E-state index in [-0.39, 0.29) is 5.56 Å². The summed E-state index contributed by atoms with van der Waals surface area (Å²) in [7, 11) is 1.96.